The molecule has 2 unspecified atom stereocenters. The first-order chi connectivity index (χ1) is 17.9. The minimum Gasteiger partial charge on any atom is -0.459 e. The molecule has 2 atom stereocenters. The summed E-state index contributed by atoms with van der Waals surface area (Å²) in [6.07, 6.45) is 0.102. The van der Waals surface area contributed by atoms with E-state index >= 15 is 0 Å². The first kappa shape index (κ1) is 28.2. The SMILES string of the molecule is O=C(CN1CCOCC1)NC(COC(F)F)C(=O)NC(Cc1ccccc1)C(=O)OCc1ccccc1. The van der Waals surface area contributed by atoms with Crippen LogP contribution in [0.25, 0.3) is 0 Å². The molecule has 0 spiro atoms. The number of morpholine rings is 1. The van der Waals surface area contributed by atoms with Gasteiger partial charge in [-0.3, -0.25) is 14.5 Å². The number of hydrogen-bond donors (Lipinski definition) is 2. The van der Waals surface area contributed by atoms with Crippen LogP contribution in [0.1, 0.15) is 11.1 Å². The summed E-state index contributed by atoms with van der Waals surface area (Å²) in [5.41, 5.74) is 1.51. The molecule has 0 saturated carbocycles. The summed E-state index contributed by atoms with van der Waals surface area (Å²) in [5, 5.41) is 4.99. The van der Waals surface area contributed by atoms with Crippen LogP contribution in [-0.4, -0.2) is 80.8 Å². The maximum absolute atomic E-state index is 13.1. The van der Waals surface area contributed by atoms with Crippen LogP contribution < -0.4 is 10.6 Å². The van der Waals surface area contributed by atoms with E-state index in [0.29, 0.717) is 26.3 Å². The number of nitrogens with zero attached hydrogens (tertiary/aromatic N) is 1. The summed E-state index contributed by atoms with van der Waals surface area (Å²) in [7, 11) is 0. The Morgan fingerprint density at radius 1 is 0.892 bits per heavy atom. The zero-order valence-electron chi connectivity index (χ0n) is 20.3. The topological polar surface area (TPSA) is 106 Å². The van der Waals surface area contributed by atoms with Crippen molar-refractivity contribution in [1.29, 1.82) is 0 Å². The second kappa shape index (κ2) is 15.0. The molecular formula is C26H31F2N3O6. The molecular weight excluding hydrogens is 488 g/mol. The summed E-state index contributed by atoms with van der Waals surface area (Å²) >= 11 is 0. The van der Waals surface area contributed by atoms with E-state index in [1.165, 1.54) is 0 Å². The van der Waals surface area contributed by atoms with E-state index in [9.17, 15) is 23.2 Å². The molecule has 0 bridgehead atoms. The first-order valence-corrected chi connectivity index (χ1v) is 11.9. The molecule has 1 heterocycles. The van der Waals surface area contributed by atoms with Gasteiger partial charge in [-0.25, -0.2) is 4.79 Å². The van der Waals surface area contributed by atoms with Gasteiger partial charge in [0.05, 0.1) is 26.4 Å². The van der Waals surface area contributed by atoms with E-state index in [1.807, 2.05) is 17.0 Å². The van der Waals surface area contributed by atoms with Crippen LogP contribution in [0, 0.1) is 0 Å². The summed E-state index contributed by atoms with van der Waals surface area (Å²) in [5.74, 6) is -2.08. The van der Waals surface area contributed by atoms with Crippen LogP contribution in [0.2, 0.25) is 0 Å². The number of carbonyl (C=O) groups excluding carboxylic acids is 3. The third-order valence-corrected chi connectivity index (χ3v) is 5.62. The van der Waals surface area contributed by atoms with Gasteiger partial charge in [0.2, 0.25) is 11.8 Å². The highest BCUT2D eigenvalue weighted by molar-refractivity contribution is 5.91. The van der Waals surface area contributed by atoms with Crippen molar-refractivity contribution >= 4 is 17.8 Å². The summed E-state index contributed by atoms with van der Waals surface area (Å²) < 4.78 is 40.5. The predicted octanol–water partition coefficient (Wildman–Crippen LogP) is 1.51. The van der Waals surface area contributed by atoms with Crippen molar-refractivity contribution in [2.24, 2.45) is 0 Å². The van der Waals surface area contributed by atoms with Gasteiger partial charge in [-0.2, -0.15) is 8.78 Å². The quantitative estimate of drug-likeness (QED) is 0.387. The van der Waals surface area contributed by atoms with Crippen molar-refractivity contribution in [3.05, 3.63) is 71.8 Å². The third kappa shape index (κ3) is 10.2. The van der Waals surface area contributed by atoms with E-state index in [0.717, 1.165) is 11.1 Å². The van der Waals surface area contributed by atoms with Gasteiger partial charge in [-0.15, -0.1) is 0 Å². The Hall–Kier alpha value is -3.41. The molecule has 2 aromatic rings. The monoisotopic (exact) mass is 519 g/mol. The molecule has 37 heavy (non-hydrogen) atoms. The van der Waals surface area contributed by atoms with Gasteiger partial charge in [0.25, 0.3) is 0 Å². The van der Waals surface area contributed by atoms with Gasteiger partial charge >= 0.3 is 12.6 Å². The smallest absolute Gasteiger partial charge is 0.345 e. The highest BCUT2D eigenvalue weighted by Crippen LogP contribution is 2.08. The molecule has 3 rings (SSSR count). The lowest BCUT2D eigenvalue weighted by Crippen LogP contribution is -2.56. The van der Waals surface area contributed by atoms with Crippen molar-refractivity contribution in [2.45, 2.75) is 31.7 Å². The van der Waals surface area contributed by atoms with Crippen LogP contribution in [0.4, 0.5) is 8.78 Å². The van der Waals surface area contributed by atoms with Crippen molar-refractivity contribution in [3.63, 3.8) is 0 Å². The first-order valence-electron chi connectivity index (χ1n) is 11.9. The minimum absolute atomic E-state index is 0.00492. The Labute approximate surface area is 214 Å². The zero-order chi connectivity index (χ0) is 26.5. The van der Waals surface area contributed by atoms with E-state index < -0.39 is 43.1 Å². The van der Waals surface area contributed by atoms with Crippen LogP contribution in [-0.2, 0) is 41.6 Å². The van der Waals surface area contributed by atoms with E-state index in [4.69, 9.17) is 9.47 Å². The molecule has 0 radical (unpaired) electrons. The number of halogens is 2. The highest BCUT2D eigenvalue weighted by atomic mass is 19.3. The summed E-state index contributed by atoms with van der Waals surface area (Å²) in [6.45, 7) is -1.94. The zero-order valence-corrected chi connectivity index (χ0v) is 20.3. The van der Waals surface area contributed by atoms with Crippen molar-refractivity contribution < 1.29 is 37.4 Å². The fourth-order valence-corrected chi connectivity index (χ4v) is 3.70. The Morgan fingerprint density at radius 3 is 2.14 bits per heavy atom. The Kier molecular flexibility index (Phi) is 11.4. The lowest BCUT2D eigenvalue weighted by molar-refractivity contribution is -0.153. The minimum atomic E-state index is -3.14. The summed E-state index contributed by atoms with van der Waals surface area (Å²) in [6, 6.07) is 15.4. The van der Waals surface area contributed by atoms with Crippen LogP contribution in [0.5, 0.6) is 0 Å². The Morgan fingerprint density at radius 2 is 1.51 bits per heavy atom. The number of amides is 2. The number of ether oxygens (including phenoxy) is 3. The van der Waals surface area contributed by atoms with Gasteiger partial charge in [-0.1, -0.05) is 60.7 Å². The predicted molar refractivity (Wildman–Crippen MR) is 129 cm³/mol. The van der Waals surface area contributed by atoms with Crippen molar-refractivity contribution in [1.82, 2.24) is 15.5 Å². The molecule has 200 valence electrons. The van der Waals surface area contributed by atoms with Gasteiger partial charge in [0, 0.05) is 19.5 Å². The molecule has 1 fully saturated rings. The molecule has 9 nitrogen and oxygen atoms in total. The van der Waals surface area contributed by atoms with Gasteiger partial charge in [0.1, 0.15) is 18.7 Å². The molecule has 2 aromatic carbocycles. The fraction of sp³-hybridized carbons (Fsp3) is 0.423. The Bertz CT molecular complexity index is 990. The van der Waals surface area contributed by atoms with E-state index in [2.05, 4.69) is 15.4 Å². The average molecular weight is 520 g/mol. The standard InChI is InChI=1S/C26H31F2N3O6/c27-26(28)37-18-22(29-23(32)16-31-11-13-35-14-12-31)24(33)30-21(15-19-7-3-1-4-8-19)25(34)36-17-20-9-5-2-6-10-20/h1-10,21-22,26H,11-18H2,(H,29,32)(H,30,33). The molecule has 1 saturated heterocycles. The lowest BCUT2D eigenvalue weighted by atomic mass is 10.1. The van der Waals surface area contributed by atoms with Crippen molar-refractivity contribution in [3.8, 4) is 0 Å². The largest absolute Gasteiger partial charge is 0.459 e. The molecule has 1 aliphatic rings. The fourth-order valence-electron chi connectivity index (χ4n) is 3.70. The van der Waals surface area contributed by atoms with Gasteiger partial charge < -0.3 is 24.8 Å². The van der Waals surface area contributed by atoms with E-state index in [-0.39, 0.29) is 19.6 Å². The second-order valence-electron chi connectivity index (χ2n) is 8.45. The van der Waals surface area contributed by atoms with Crippen LogP contribution in [0.15, 0.2) is 60.7 Å². The molecule has 0 aromatic heterocycles. The van der Waals surface area contributed by atoms with Crippen molar-refractivity contribution in [2.75, 3.05) is 39.5 Å². The number of esters is 1. The lowest BCUT2D eigenvalue weighted by Gasteiger charge is -2.27. The second-order valence-corrected chi connectivity index (χ2v) is 8.45. The highest BCUT2D eigenvalue weighted by Gasteiger charge is 2.29. The number of rotatable bonds is 13. The molecule has 11 heteroatoms. The number of nitrogens with one attached hydrogen (secondary N) is 2. The summed E-state index contributed by atoms with van der Waals surface area (Å²) in [4.78, 5) is 40.4. The maximum Gasteiger partial charge on any atom is 0.345 e. The number of hydrogen-bond acceptors (Lipinski definition) is 7. The Balaban J connectivity index is 1.67. The normalized spacial score (nSPS) is 15.5. The molecule has 2 amide bonds. The average Bonchev–Trinajstić information content (AvgIpc) is 2.91. The molecule has 0 aliphatic carbocycles. The van der Waals surface area contributed by atoms with Crippen LogP contribution in [0.3, 0.4) is 0 Å². The number of benzene rings is 2. The maximum atomic E-state index is 13.1. The van der Waals surface area contributed by atoms with Gasteiger partial charge in [0.15, 0.2) is 0 Å². The van der Waals surface area contributed by atoms with Gasteiger partial charge in [-0.05, 0) is 11.1 Å². The third-order valence-electron chi connectivity index (χ3n) is 5.62. The number of alkyl halides is 2. The molecule has 2 N–H and O–H groups in total. The van der Waals surface area contributed by atoms with E-state index in [1.54, 1.807) is 48.5 Å². The van der Waals surface area contributed by atoms with Crippen LogP contribution >= 0.6 is 0 Å². The molecule has 1 aliphatic heterocycles. The number of carbonyl (C=O) groups is 3.